The minimum atomic E-state index is -1.34. The lowest BCUT2D eigenvalue weighted by Crippen LogP contribution is -2.47. The topological polar surface area (TPSA) is 101 Å². The summed E-state index contributed by atoms with van der Waals surface area (Å²) in [5.41, 5.74) is -0.422. The van der Waals surface area contributed by atoms with Crippen LogP contribution in [0.3, 0.4) is 0 Å². The Morgan fingerprint density at radius 1 is 1.25 bits per heavy atom. The lowest BCUT2D eigenvalue weighted by atomic mass is 10.1. The number of hydrogen-bond donors (Lipinski definition) is 1. The Labute approximate surface area is 186 Å². The highest BCUT2D eigenvalue weighted by Crippen LogP contribution is 2.42. The van der Waals surface area contributed by atoms with Gasteiger partial charge in [-0.15, -0.1) is 0 Å². The van der Waals surface area contributed by atoms with Crippen molar-refractivity contribution in [2.45, 2.75) is 13.0 Å². The molecule has 166 valence electrons. The highest BCUT2D eigenvalue weighted by molar-refractivity contribution is 6.29. The van der Waals surface area contributed by atoms with Crippen LogP contribution in [0.4, 0.5) is 15.9 Å². The van der Waals surface area contributed by atoms with Gasteiger partial charge in [0, 0.05) is 32.4 Å². The molecule has 5 rings (SSSR count). The number of carbonyl (C=O) groups is 1. The molecular formula is C21H19ClFN5O4. The number of aromatic carboxylic acids is 1. The molecule has 1 fully saturated rings. The molecule has 0 spiro atoms. The summed E-state index contributed by atoms with van der Waals surface area (Å²) in [5, 5.41) is 9.72. The zero-order valence-corrected chi connectivity index (χ0v) is 17.8. The number of hydrogen-bond acceptors (Lipinski definition) is 7. The molecule has 0 amide bonds. The van der Waals surface area contributed by atoms with E-state index in [4.69, 9.17) is 16.3 Å². The van der Waals surface area contributed by atoms with Gasteiger partial charge in [-0.3, -0.25) is 9.78 Å². The number of halogens is 2. The Kier molecular flexibility index (Phi) is 4.89. The fraction of sp³-hybridized carbons (Fsp3) is 0.333. The summed E-state index contributed by atoms with van der Waals surface area (Å²) in [7, 11) is 0. The summed E-state index contributed by atoms with van der Waals surface area (Å²) >= 11 is 5.94. The smallest absolute Gasteiger partial charge is 0.341 e. The number of anilines is 2. The number of benzene rings is 1. The second-order valence-corrected chi connectivity index (χ2v) is 8.24. The van der Waals surface area contributed by atoms with Crippen LogP contribution in [-0.4, -0.2) is 58.4 Å². The van der Waals surface area contributed by atoms with E-state index in [1.807, 2.05) is 16.7 Å². The minimum Gasteiger partial charge on any atom is -0.487 e. The summed E-state index contributed by atoms with van der Waals surface area (Å²) in [6, 6.07) is 0.913. The Balaban J connectivity index is 1.56. The molecular weight excluding hydrogens is 441 g/mol. The molecule has 0 aliphatic carbocycles. The quantitative estimate of drug-likeness (QED) is 0.637. The SMILES string of the molecule is CC1COc2c(N3CCN(c4cncc(Cl)n4)CC3)c(F)cc3c(=O)c(C(=O)O)cn1c23. The Hall–Kier alpha value is -3.40. The third-order valence-corrected chi connectivity index (χ3v) is 6.07. The largest absolute Gasteiger partial charge is 0.487 e. The molecule has 0 saturated carbocycles. The molecule has 11 heteroatoms. The van der Waals surface area contributed by atoms with Crippen LogP contribution in [0.5, 0.6) is 5.75 Å². The average Bonchev–Trinajstić information content (AvgIpc) is 2.77. The van der Waals surface area contributed by atoms with Gasteiger partial charge in [-0.2, -0.15) is 0 Å². The van der Waals surface area contributed by atoms with Gasteiger partial charge in [0.15, 0.2) is 11.6 Å². The molecule has 2 aromatic heterocycles. The van der Waals surface area contributed by atoms with Crippen LogP contribution in [0.1, 0.15) is 23.3 Å². The second-order valence-electron chi connectivity index (χ2n) is 7.85. The first-order valence-electron chi connectivity index (χ1n) is 10.1. The van der Waals surface area contributed by atoms with Crippen molar-refractivity contribution in [1.82, 2.24) is 14.5 Å². The summed E-state index contributed by atoms with van der Waals surface area (Å²) in [6.45, 7) is 4.19. The van der Waals surface area contributed by atoms with Gasteiger partial charge < -0.3 is 24.2 Å². The summed E-state index contributed by atoms with van der Waals surface area (Å²) in [4.78, 5) is 36.5. The molecule has 1 unspecified atom stereocenters. The number of rotatable bonds is 3. The van der Waals surface area contributed by atoms with Crippen molar-refractivity contribution >= 4 is 40.0 Å². The van der Waals surface area contributed by atoms with Crippen LogP contribution in [0.25, 0.3) is 10.9 Å². The van der Waals surface area contributed by atoms with E-state index in [0.717, 1.165) is 6.07 Å². The van der Waals surface area contributed by atoms with Crippen LogP contribution in [-0.2, 0) is 0 Å². The number of aromatic nitrogens is 3. The van der Waals surface area contributed by atoms with Crippen LogP contribution in [0.15, 0.2) is 29.5 Å². The first kappa shape index (κ1) is 20.5. The maximum absolute atomic E-state index is 15.3. The maximum Gasteiger partial charge on any atom is 0.341 e. The number of piperazine rings is 1. The fourth-order valence-corrected chi connectivity index (χ4v) is 4.45. The number of nitrogens with zero attached hydrogens (tertiary/aromatic N) is 5. The van der Waals surface area contributed by atoms with E-state index in [-0.39, 0.29) is 35.0 Å². The number of ether oxygens (including phenoxy) is 1. The van der Waals surface area contributed by atoms with Crippen molar-refractivity contribution < 1.29 is 19.0 Å². The van der Waals surface area contributed by atoms with E-state index >= 15 is 4.39 Å². The van der Waals surface area contributed by atoms with Crippen molar-refractivity contribution in [2.24, 2.45) is 0 Å². The molecule has 4 heterocycles. The lowest BCUT2D eigenvalue weighted by molar-refractivity contribution is 0.0694. The van der Waals surface area contributed by atoms with Crippen LogP contribution < -0.4 is 20.0 Å². The first-order chi connectivity index (χ1) is 15.3. The van der Waals surface area contributed by atoms with E-state index < -0.39 is 17.2 Å². The molecule has 0 radical (unpaired) electrons. The molecule has 3 aromatic rings. The molecule has 0 bridgehead atoms. The predicted molar refractivity (Wildman–Crippen MR) is 117 cm³/mol. The van der Waals surface area contributed by atoms with Gasteiger partial charge in [0.1, 0.15) is 28.8 Å². The van der Waals surface area contributed by atoms with E-state index in [1.54, 1.807) is 10.8 Å². The number of pyridine rings is 1. The molecule has 9 nitrogen and oxygen atoms in total. The van der Waals surface area contributed by atoms with Crippen molar-refractivity contribution in [1.29, 1.82) is 0 Å². The van der Waals surface area contributed by atoms with Gasteiger partial charge in [-0.05, 0) is 13.0 Å². The Bertz CT molecular complexity index is 1310. The van der Waals surface area contributed by atoms with Crippen molar-refractivity contribution in [3.05, 3.63) is 51.4 Å². The van der Waals surface area contributed by atoms with E-state index in [0.29, 0.717) is 42.7 Å². The van der Waals surface area contributed by atoms with E-state index in [2.05, 4.69) is 9.97 Å². The zero-order valence-electron chi connectivity index (χ0n) is 17.1. The highest BCUT2D eigenvalue weighted by Gasteiger charge is 2.31. The van der Waals surface area contributed by atoms with Gasteiger partial charge in [0.25, 0.3) is 0 Å². The summed E-state index contributed by atoms with van der Waals surface area (Å²) in [6.07, 6.45) is 4.41. The van der Waals surface area contributed by atoms with Crippen molar-refractivity contribution in [3.63, 3.8) is 0 Å². The molecule has 2 aliphatic rings. The van der Waals surface area contributed by atoms with Gasteiger partial charge >= 0.3 is 5.97 Å². The van der Waals surface area contributed by atoms with Crippen LogP contribution in [0.2, 0.25) is 5.15 Å². The van der Waals surface area contributed by atoms with Gasteiger partial charge in [-0.1, -0.05) is 11.6 Å². The van der Waals surface area contributed by atoms with Crippen molar-refractivity contribution in [2.75, 3.05) is 42.6 Å². The Morgan fingerprint density at radius 2 is 1.97 bits per heavy atom. The maximum atomic E-state index is 15.3. The molecule has 32 heavy (non-hydrogen) atoms. The standard InChI is InChI=1S/C21H19ClFN5O4/c1-11-10-32-20-17-12(19(29)13(21(30)31)9-28(11)17)6-14(23)18(20)27-4-2-26(3-5-27)16-8-24-7-15(22)25-16/h6-9,11H,2-5,10H2,1H3,(H,30,31). The fourth-order valence-electron chi connectivity index (χ4n) is 4.30. The molecule has 2 aliphatic heterocycles. The predicted octanol–water partition coefficient (Wildman–Crippen LogP) is 2.56. The van der Waals surface area contributed by atoms with Crippen molar-refractivity contribution in [3.8, 4) is 5.75 Å². The molecule has 1 aromatic carbocycles. The average molecular weight is 460 g/mol. The van der Waals surface area contributed by atoms with Gasteiger partial charge in [0.05, 0.1) is 29.3 Å². The van der Waals surface area contributed by atoms with Crippen LogP contribution >= 0.6 is 11.6 Å². The number of carboxylic acid groups (broad SMARTS) is 1. The first-order valence-corrected chi connectivity index (χ1v) is 10.5. The third kappa shape index (κ3) is 3.22. The minimum absolute atomic E-state index is 0.000498. The van der Waals surface area contributed by atoms with Gasteiger partial charge in [0.2, 0.25) is 5.43 Å². The summed E-state index contributed by atoms with van der Waals surface area (Å²) < 4.78 is 22.9. The highest BCUT2D eigenvalue weighted by atomic mass is 35.5. The van der Waals surface area contributed by atoms with Crippen LogP contribution in [0, 0.1) is 5.82 Å². The monoisotopic (exact) mass is 459 g/mol. The molecule has 1 N–H and O–H groups in total. The van der Waals surface area contributed by atoms with E-state index in [1.165, 1.54) is 12.4 Å². The lowest BCUT2D eigenvalue weighted by Gasteiger charge is -2.38. The Morgan fingerprint density at radius 3 is 2.66 bits per heavy atom. The zero-order chi connectivity index (χ0) is 22.6. The summed E-state index contributed by atoms with van der Waals surface area (Å²) in [5.74, 6) is -1.05. The third-order valence-electron chi connectivity index (χ3n) is 5.88. The van der Waals surface area contributed by atoms with E-state index in [9.17, 15) is 14.7 Å². The molecule has 1 saturated heterocycles. The van der Waals surface area contributed by atoms with Gasteiger partial charge in [-0.25, -0.2) is 14.2 Å². The normalized spacial score (nSPS) is 18.0. The number of carboxylic acids is 1. The second kappa shape index (κ2) is 7.63. The molecule has 1 atom stereocenters.